The van der Waals surface area contributed by atoms with Gasteiger partial charge in [0.2, 0.25) is 5.91 Å². The highest BCUT2D eigenvalue weighted by Crippen LogP contribution is 2.15. The lowest BCUT2D eigenvalue weighted by Gasteiger charge is -2.16. The molecule has 0 bridgehead atoms. The van der Waals surface area contributed by atoms with Crippen LogP contribution in [0.5, 0.6) is 0 Å². The SMILES string of the molecule is CCN(CC(N)=O)Cc1cc(C#CCO)cs1. The van der Waals surface area contributed by atoms with E-state index < -0.39 is 0 Å². The first kappa shape index (κ1) is 13.7. The van der Waals surface area contributed by atoms with Crippen molar-refractivity contribution in [2.75, 3.05) is 19.7 Å². The van der Waals surface area contributed by atoms with E-state index in [9.17, 15) is 4.79 Å². The van der Waals surface area contributed by atoms with Crippen LogP contribution in [-0.2, 0) is 11.3 Å². The van der Waals surface area contributed by atoms with Gasteiger partial charge in [0.15, 0.2) is 0 Å². The molecule has 5 heteroatoms. The molecule has 17 heavy (non-hydrogen) atoms. The van der Waals surface area contributed by atoms with E-state index in [0.717, 1.165) is 17.0 Å². The lowest BCUT2D eigenvalue weighted by atomic mass is 10.3. The zero-order valence-corrected chi connectivity index (χ0v) is 10.6. The summed E-state index contributed by atoms with van der Waals surface area (Å²) in [6.45, 7) is 3.60. The molecule has 1 rings (SSSR count). The lowest BCUT2D eigenvalue weighted by molar-refractivity contribution is -0.119. The van der Waals surface area contributed by atoms with Crippen LogP contribution >= 0.6 is 11.3 Å². The van der Waals surface area contributed by atoms with E-state index in [2.05, 4.69) is 11.8 Å². The Morgan fingerprint density at radius 2 is 2.41 bits per heavy atom. The third-order valence-corrected chi connectivity index (χ3v) is 3.09. The number of hydrogen-bond donors (Lipinski definition) is 2. The summed E-state index contributed by atoms with van der Waals surface area (Å²) in [5.74, 6) is 5.13. The van der Waals surface area contributed by atoms with Gasteiger partial charge in [0, 0.05) is 22.4 Å². The predicted molar refractivity (Wildman–Crippen MR) is 68.4 cm³/mol. The number of amides is 1. The average Bonchev–Trinajstić information content (AvgIpc) is 2.72. The van der Waals surface area contributed by atoms with Crippen LogP contribution in [0.15, 0.2) is 11.4 Å². The molecule has 1 aromatic rings. The quantitative estimate of drug-likeness (QED) is 0.745. The lowest BCUT2D eigenvalue weighted by Crippen LogP contribution is -2.32. The molecular weight excluding hydrogens is 236 g/mol. The molecule has 0 aliphatic rings. The number of rotatable bonds is 5. The fraction of sp³-hybridized carbons (Fsp3) is 0.417. The van der Waals surface area contributed by atoms with Crippen molar-refractivity contribution in [3.63, 3.8) is 0 Å². The summed E-state index contributed by atoms with van der Waals surface area (Å²) in [6, 6.07) is 1.97. The zero-order valence-electron chi connectivity index (χ0n) is 9.77. The second-order valence-corrected chi connectivity index (χ2v) is 4.53. The van der Waals surface area contributed by atoms with Gasteiger partial charge in [-0.2, -0.15) is 0 Å². The van der Waals surface area contributed by atoms with E-state index in [4.69, 9.17) is 10.8 Å². The number of thiophene rings is 1. The van der Waals surface area contributed by atoms with Gasteiger partial charge in [0.1, 0.15) is 6.61 Å². The molecule has 1 heterocycles. The Labute approximate surface area is 105 Å². The van der Waals surface area contributed by atoms with E-state index in [-0.39, 0.29) is 19.1 Å². The van der Waals surface area contributed by atoms with Gasteiger partial charge in [-0.05, 0) is 12.6 Å². The summed E-state index contributed by atoms with van der Waals surface area (Å²) in [4.78, 5) is 13.9. The highest BCUT2D eigenvalue weighted by molar-refractivity contribution is 7.10. The molecule has 0 spiro atoms. The monoisotopic (exact) mass is 252 g/mol. The number of primary amides is 1. The summed E-state index contributed by atoms with van der Waals surface area (Å²) < 4.78 is 0. The second kappa shape index (κ2) is 7.07. The fourth-order valence-electron chi connectivity index (χ4n) is 1.39. The van der Waals surface area contributed by atoms with Crippen molar-refractivity contribution in [1.29, 1.82) is 0 Å². The smallest absolute Gasteiger partial charge is 0.231 e. The maximum absolute atomic E-state index is 10.8. The molecular formula is C12H16N2O2S. The van der Waals surface area contributed by atoms with Crippen LogP contribution in [0.4, 0.5) is 0 Å². The first-order valence-corrected chi connectivity index (χ1v) is 6.21. The van der Waals surface area contributed by atoms with Crippen molar-refractivity contribution < 1.29 is 9.90 Å². The molecule has 0 aromatic carbocycles. The number of nitrogens with two attached hydrogens (primary N) is 1. The summed E-state index contributed by atoms with van der Waals surface area (Å²) in [6.07, 6.45) is 0. The van der Waals surface area contributed by atoms with Crippen LogP contribution in [0.2, 0.25) is 0 Å². The van der Waals surface area contributed by atoms with Gasteiger partial charge >= 0.3 is 0 Å². The van der Waals surface area contributed by atoms with Crippen molar-refractivity contribution >= 4 is 17.2 Å². The van der Waals surface area contributed by atoms with Crippen molar-refractivity contribution in [3.05, 3.63) is 21.9 Å². The van der Waals surface area contributed by atoms with Crippen molar-refractivity contribution in [3.8, 4) is 11.8 Å². The van der Waals surface area contributed by atoms with Crippen LogP contribution < -0.4 is 5.73 Å². The largest absolute Gasteiger partial charge is 0.384 e. The van der Waals surface area contributed by atoms with Gasteiger partial charge in [-0.3, -0.25) is 9.69 Å². The van der Waals surface area contributed by atoms with Gasteiger partial charge in [-0.15, -0.1) is 11.3 Å². The molecule has 0 radical (unpaired) electrons. The Kier molecular flexibility index (Phi) is 5.70. The standard InChI is InChI=1S/C12H16N2O2S/c1-2-14(8-12(13)16)7-11-6-10(9-17-11)4-3-5-15/h6,9,15H,2,5,7-8H2,1H3,(H2,13,16). The third-order valence-electron chi connectivity index (χ3n) is 2.17. The minimum atomic E-state index is -0.316. The molecule has 92 valence electrons. The van der Waals surface area contributed by atoms with Crippen LogP contribution in [0.1, 0.15) is 17.4 Å². The minimum Gasteiger partial charge on any atom is -0.384 e. The molecule has 1 aromatic heterocycles. The van der Waals surface area contributed by atoms with Gasteiger partial charge in [-0.25, -0.2) is 0 Å². The zero-order chi connectivity index (χ0) is 12.7. The molecule has 1 amide bonds. The van der Waals surface area contributed by atoms with Gasteiger partial charge in [0.05, 0.1) is 6.54 Å². The third kappa shape index (κ3) is 5.00. The molecule has 0 aliphatic heterocycles. The van der Waals surface area contributed by atoms with Crippen LogP contribution in [0, 0.1) is 11.8 Å². The number of aliphatic hydroxyl groups is 1. The van der Waals surface area contributed by atoms with Gasteiger partial charge < -0.3 is 10.8 Å². The van der Waals surface area contributed by atoms with E-state index in [1.807, 2.05) is 23.3 Å². The minimum absolute atomic E-state index is 0.131. The molecule has 0 fully saturated rings. The Hall–Kier alpha value is -1.35. The Bertz CT molecular complexity index is 431. The molecule has 0 unspecified atom stereocenters. The van der Waals surface area contributed by atoms with Crippen LogP contribution in [0.25, 0.3) is 0 Å². The van der Waals surface area contributed by atoms with Crippen molar-refractivity contribution in [2.45, 2.75) is 13.5 Å². The van der Waals surface area contributed by atoms with Crippen molar-refractivity contribution in [2.24, 2.45) is 5.73 Å². The van der Waals surface area contributed by atoms with Crippen LogP contribution in [-0.4, -0.2) is 35.6 Å². The maximum atomic E-state index is 10.8. The summed E-state index contributed by atoms with van der Waals surface area (Å²) in [5, 5.41) is 10.5. The number of carbonyl (C=O) groups is 1. The molecule has 0 aliphatic carbocycles. The van der Waals surface area contributed by atoms with E-state index in [1.54, 1.807) is 11.3 Å². The fourth-order valence-corrected chi connectivity index (χ4v) is 2.25. The second-order valence-electron chi connectivity index (χ2n) is 3.53. The molecule has 0 saturated heterocycles. The van der Waals surface area contributed by atoms with Gasteiger partial charge in [0.25, 0.3) is 0 Å². The molecule has 3 N–H and O–H groups in total. The van der Waals surface area contributed by atoms with Crippen LogP contribution in [0.3, 0.4) is 0 Å². The number of aliphatic hydroxyl groups excluding tert-OH is 1. The Morgan fingerprint density at radius 1 is 1.65 bits per heavy atom. The summed E-state index contributed by atoms with van der Waals surface area (Å²) in [5.41, 5.74) is 6.06. The van der Waals surface area contributed by atoms with E-state index in [1.165, 1.54) is 0 Å². The average molecular weight is 252 g/mol. The molecule has 0 atom stereocenters. The summed E-state index contributed by atoms with van der Waals surface area (Å²) in [7, 11) is 0. The molecule has 0 saturated carbocycles. The van der Waals surface area contributed by atoms with E-state index >= 15 is 0 Å². The predicted octanol–water partition coefficient (Wildman–Crippen LogP) is 0.399. The summed E-state index contributed by atoms with van der Waals surface area (Å²) >= 11 is 1.59. The first-order valence-electron chi connectivity index (χ1n) is 5.33. The maximum Gasteiger partial charge on any atom is 0.231 e. The van der Waals surface area contributed by atoms with Gasteiger partial charge in [-0.1, -0.05) is 18.8 Å². The van der Waals surface area contributed by atoms with Crippen molar-refractivity contribution in [1.82, 2.24) is 4.90 Å². The topological polar surface area (TPSA) is 66.6 Å². The Morgan fingerprint density at radius 3 is 3.00 bits per heavy atom. The number of likely N-dealkylation sites (N-methyl/N-ethyl adjacent to an activating group) is 1. The Balaban J connectivity index is 2.61. The normalized spacial score (nSPS) is 10.1. The highest BCUT2D eigenvalue weighted by Gasteiger charge is 2.08. The number of hydrogen-bond acceptors (Lipinski definition) is 4. The van der Waals surface area contributed by atoms with E-state index in [0.29, 0.717) is 6.54 Å². The first-order chi connectivity index (χ1) is 8.15. The highest BCUT2D eigenvalue weighted by atomic mass is 32.1. The number of nitrogens with zero attached hydrogens (tertiary/aromatic N) is 1. The molecule has 4 nitrogen and oxygen atoms in total. The number of carbonyl (C=O) groups excluding carboxylic acids is 1.